The third-order valence-electron chi connectivity index (χ3n) is 3.79. The summed E-state index contributed by atoms with van der Waals surface area (Å²) < 4.78 is 6.71. The molecule has 0 bridgehead atoms. The van der Waals surface area contributed by atoms with Gasteiger partial charge in [-0.2, -0.15) is 4.68 Å². The van der Waals surface area contributed by atoms with E-state index in [-0.39, 0.29) is 17.1 Å². The molecule has 4 rings (SSSR count). The van der Waals surface area contributed by atoms with Crippen LogP contribution in [0.5, 0.6) is 0 Å². The van der Waals surface area contributed by atoms with Crippen LogP contribution in [0.4, 0.5) is 0 Å². The molecular formula is C18H11ClN4O3S. The van der Waals surface area contributed by atoms with Gasteiger partial charge in [-0.25, -0.2) is 4.79 Å². The van der Waals surface area contributed by atoms with Crippen molar-refractivity contribution in [1.29, 1.82) is 0 Å². The highest BCUT2D eigenvalue weighted by molar-refractivity contribution is 7.99. The molecule has 0 aliphatic carbocycles. The lowest BCUT2D eigenvalue weighted by atomic mass is 10.1. The number of tetrazole rings is 1. The fraction of sp³-hybridized carbons (Fsp3) is 0.0556. The van der Waals surface area contributed by atoms with Crippen molar-refractivity contribution in [3.05, 3.63) is 75.6 Å². The van der Waals surface area contributed by atoms with Crippen LogP contribution < -0.4 is 5.63 Å². The van der Waals surface area contributed by atoms with Crippen LogP contribution in [0.15, 0.2) is 69.0 Å². The summed E-state index contributed by atoms with van der Waals surface area (Å²) in [7, 11) is 0. The van der Waals surface area contributed by atoms with Crippen molar-refractivity contribution < 1.29 is 9.21 Å². The highest BCUT2D eigenvalue weighted by Gasteiger charge is 2.17. The second kappa shape index (κ2) is 7.34. The Bertz CT molecular complexity index is 1190. The first kappa shape index (κ1) is 17.4. The first-order chi connectivity index (χ1) is 13.1. The molecule has 0 atom stereocenters. The number of benzene rings is 2. The maximum atomic E-state index is 12.5. The summed E-state index contributed by atoms with van der Waals surface area (Å²) in [4.78, 5) is 24.6. The van der Waals surface area contributed by atoms with Gasteiger partial charge >= 0.3 is 5.63 Å². The normalized spacial score (nSPS) is 11.0. The third-order valence-corrected chi connectivity index (χ3v) is 4.96. The minimum absolute atomic E-state index is 0.00291. The molecule has 2 heterocycles. The zero-order valence-electron chi connectivity index (χ0n) is 13.7. The monoisotopic (exact) mass is 398 g/mol. The van der Waals surface area contributed by atoms with Gasteiger partial charge in [-0.3, -0.25) is 4.79 Å². The van der Waals surface area contributed by atoms with Gasteiger partial charge in [0, 0.05) is 10.4 Å². The second-order valence-corrected chi connectivity index (χ2v) is 6.93. The fourth-order valence-electron chi connectivity index (χ4n) is 2.48. The summed E-state index contributed by atoms with van der Waals surface area (Å²) in [5, 5.41) is 13.2. The van der Waals surface area contributed by atoms with Crippen LogP contribution in [-0.2, 0) is 0 Å². The number of halogens is 1. The van der Waals surface area contributed by atoms with Crippen molar-refractivity contribution >= 4 is 40.1 Å². The van der Waals surface area contributed by atoms with E-state index in [9.17, 15) is 9.59 Å². The molecule has 0 aliphatic heterocycles. The lowest BCUT2D eigenvalue weighted by Crippen LogP contribution is -2.15. The van der Waals surface area contributed by atoms with Crippen molar-refractivity contribution in [3.8, 4) is 5.69 Å². The topological polar surface area (TPSA) is 90.9 Å². The van der Waals surface area contributed by atoms with Crippen molar-refractivity contribution in [2.75, 3.05) is 5.75 Å². The Balaban J connectivity index is 1.55. The molecule has 9 heteroatoms. The number of hydrogen-bond acceptors (Lipinski definition) is 7. The molecule has 0 amide bonds. The van der Waals surface area contributed by atoms with Crippen molar-refractivity contribution in [3.63, 3.8) is 0 Å². The van der Waals surface area contributed by atoms with Crippen molar-refractivity contribution in [1.82, 2.24) is 20.2 Å². The zero-order valence-corrected chi connectivity index (χ0v) is 15.3. The number of nitrogens with zero attached hydrogens (tertiary/aromatic N) is 4. The fourth-order valence-corrected chi connectivity index (χ4v) is 3.38. The molecule has 0 fully saturated rings. The quantitative estimate of drug-likeness (QED) is 0.289. The molecule has 2 aromatic carbocycles. The summed E-state index contributed by atoms with van der Waals surface area (Å²) in [5.74, 6) is -0.359. The van der Waals surface area contributed by atoms with Crippen LogP contribution in [-0.4, -0.2) is 31.7 Å². The molecular weight excluding hydrogens is 388 g/mol. The number of hydrogen-bond donors (Lipinski definition) is 0. The smallest absolute Gasteiger partial charge is 0.347 e. The zero-order chi connectivity index (χ0) is 18.8. The number of Topliss-reactive ketones (excluding diaryl/α,β-unsaturated/α-hetero) is 1. The van der Waals surface area contributed by atoms with E-state index in [1.165, 1.54) is 4.68 Å². The third kappa shape index (κ3) is 3.62. The van der Waals surface area contributed by atoms with Crippen LogP contribution >= 0.6 is 23.4 Å². The van der Waals surface area contributed by atoms with Gasteiger partial charge in [0.05, 0.1) is 11.4 Å². The number of fused-ring (bicyclic) bond motifs is 1. The van der Waals surface area contributed by atoms with E-state index in [0.717, 1.165) is 11.8 Å². The Morgan fingerprint density at radius 1 is 1.15 bits per heavy atom. The maximum absolute atomic E-state index is 12.5. The SMILES string of the molecule is O=C(CSc1nnnn1-c1ccc(Cl)cc1)c1cc2ccccc2oc1=O. The minimum Gasteiger partial charge on any atom is -0.422 e. The lowest BCUT2D eigenvalue weighted by Gasteiger charge is -2.04. The van der Waals surface area contributed by atoms with Crippen molar-refractivity contribution in [2.45, 2.75) is 5.16 Å². The van der Waals surface area contributed by atoms with Gasteiger partial charge in [-0.1, -0.05) is 41.6 Å². The van der Waals surface area contributed by atoms with Gasteiger partial charge in [0.2, 0.25) is 5.16 Å². The molecule has 27 heavy (non-hydrogen) atoms. The van der Waals surface area contributed by atoms with E-state index in [1.54, 1.807) is 48.5 Å². The van der Waals surface area contributed by atoms with E-state index < -0.39 is 5.63 Å². The molecule has 2 aromatic heterocycles. The van der Waals surface area contributed by atoms with Gasteiger partial charge in [0.1, 0.15) is 11.1 Å². The van der Waals surface area contributed by atoms with Gasteiger partial charge in [-0.15, -0.1) is 5.10 Å². The molecule has 4 aromatic rings. The average Bonchev–Trinajstić information content (AvgIpc) is 3.14. The predicted molar refractivity (Wildman–Crippen MR) is 102 cm³/mol. The second-order valence-electron chi connectivity index (χ2n) is 5.55. The number of thioether (sulfide) groups is 1. The number of carbonyl (C=O) groups is 1. The van der Waals surface area contributed by atoms with E-state index in [4.69, 9.17) is 16.0 Å². The minimum atomic E-state index is -0.656. The highest BCUT2D eigenvalue weighted by atomic mass is 35.5. The van der Waals surface area contributed by atoms with Gasteiger partial charge in [-0.05, 0) is 46.8 Å². The van der Waals surface area contributed by atoms with E-state index in [2.05, 4.69) is 15.5 Å². The number of para-hydroxylation sites is 1. The van der Waals surface area contributed by atoms with Gasteiger partial charge in [0.15, 0.2) is 5.78 Å². The first-order valence-corrected chi connectivity index (χ1v) is 9.21. The number of ketones is 1. The van der Waals surface area contributed by atoms with Crippen LogP contribution in [0.25, 0.3) is 16.7 Å². The van der Waals surface area contributed by atoms with Crippen LogP contribution in [0.2, 0.25) is 5.02 Å². The molecule has 0 radical (unpaired) electrons. The molecule has 134 valence electrons. The number of aromatic nitrogens is 4. The Morgan fingerprint density at radius 2 is 1.93 bits per heavy atom. The van der Waals surface area contributed by atoms with Gasteiger partial charge in [0.25, 0.3) is 0 Å². The molecule has 0 saturated carbocycles. The standard InChI is InChI=1S/C18H11ClN4O3S/c19-12-5-7-13(8-6-12)23-18(20-21-22-23)27-10-15(24)14-9-11-3-1-2-4-16(11)26-17(14)25/h1-9H,10H2. The van der Waals surface area contributed by atoms with E-state index in [0.29, 0.717) is 26.8 Å². The summed E-state index contributed by atoms with van der Waals surface area (Å²) in [6.07, 6.45) is 0. The highest BCUT2D eigenvalue weighted by Crippen LogP contribution is 2.21. The lowest BCUT2D eigenvalue weighted by molar-refractivity contribution is 0.101. The molecule has 0 aliphatic rings. The molecule has 0 saturated heterocycles. The van der Waals surface area contributed by atoms with Crippen LogP contribution in [0.1, 0.15) is 10.4 Å². The molecule has 0 unspecified atom stereocenters. The molecule has 0 N–H and O–H groups in total. The summed E-state index contributed by atoms with van der Waals surface area (Å²) in [5.41, 5.74) is 0.506. The van der Waals surface area contributed by atoms with Crippen LogP contribution in [0.3, 0.4) is 0 Å². The predicted octanol–water partition coefficient (Wildman–Crippen LogP) is 3.40. The van der Waals surface area contributed by atoms with E-state index >= 15 is 0 Å². The first-order valence-electron chi connectivity index (χ1n) is 7.85. The maximum Gasteiger partial charge on any atom is 0.347 e. The largest absolute Gasteiger partial charge is 0.422 e. The number of carbonyl (C=O) groups excluding carboxylic acids is 1. The van der Waals surface area contributed by atoms with Gasteiger partial charge < -0.3 is 4.42 Å². The summed E-state index contributed by atoms with van der Waals surface area (Å²) in [6.45, 7) is 0. The summed E-state index contributed by atoms with van der Waals surface area (Å²) in [6, 6.07) is 15.6. The van der Waals surface area contributed by atoms with Crippen molar-refractivity contribution in [2.24, 2.45) is 0 Å². The Morgan fingerprint density at radius 3 is 2.74 bits per heavy atom. The molecule has 7 nitrogen and oxygen atoms in total. The molecule has 0 spiro atoms. The Labute approximate surface area is 161 Å². The summed E-state index contributed by atoms with van der Waals surface area (Å²) >= 11 is 7.02. The van der Waals surface area contributed by atoms with Crippen LogP contribution in [0, 0.1) is 0 Å². The Hall–Kier alpha value is -2.97. The average molecular weight is 399 g/mol. The van der Waals surface area contributed by atoms with E-state index in [1.807, 2.05) is 6.07 Å². The number of rotatable bonds is 5. The Kier molecular flexibility index (Phi) is 4.74.